The predicted molar refractivity (Wildman–Crippen MR) is 92.9 cm³/mol. The summed E-state index contributed by atoms with van der Waals surface area (Å²) in [6, 6.07) is 14.0. The lowest BCUT2D eigenvalue weighted by molar-refractivity contribution is 0.0826. The molecule has 0 atom stereocenters. The largest absolute Gasteiger partial charge is 0.486 e. The van der Waals surface area contributed by atoms with E-state index in [9.17, 15) is 9.59 Å². The number of amides is 2. The van der Waals surface area contributed by atoms with Crippen molar-refractivity contribution in [3.63, 3.8) is 0 Å². The normalized spacial score (nSPS) is 10.3. The van der Waals surface area contributed by atoms with Gasteiger partial charge in [-0.05, 0) is 46.3 Å². The number of hydrogen-bond donors (Lipinski definition) is 3. The van der Waals surface area contributed by atoms with Crippen LogP contribution < -0.4 is 15.6 Å². The number of benzene rings is 1. The molecule has 0 aliphatic carbocycles. The third-order valence-corrected chi connectivity index (χ3v) is 3.65. The number of carbonyl (C=O) groups is 2. The fraction of sp³-hybridized carbons (Fsp3) is 0.0588. The molecule has 0 saturated heterocycles. The minimum atomic E-state index is -0.565. The minimum absolute atomic E-state index is 0.0691. The summed E-state index contributed by atoms with van der Waals surface area (Å²) >= 11 is 3.23. The van der Waals surface area contributed by atoms with Crippen LogP contribution in [0.4, 0.5) is 0 Å². The van der Waals surface area contributed by atoms with E-state index in [-0.39, 0.29) is 12.4 Å². The fourth-order valence-corrected chi connectivity index (χ4v) is 2.33. The Labute approximate surface area is 151 Å². The van der Waals surface area contributed by atoms with Crippen molar-refractivity contribution in [3.8, 4) is 5.75 Å². The maximum absolute atomic E-state index is 12.0. The lowest BCUT2D eigenvalue weighted by atomic mass is 10.3. The summed E-state index contributed by atoms with van der Waals surface area (Å²) in [5.41, 5.74) is 4.89. The van der Waals surface area contributed by atoms with Crippen LogP contribution in [0.2, 0.25) is 0 Å². The molecule has 2 aromatic heterocycles. The van der Waals surface area contributed by atoms with Gasteiger partial charge in [-0.2, -0.15) is 0 Å². The van der Waals surface area contributed by atoms with Gasteiger partial charge in [-0.3, -0.25) is 20.4 Å². The number of ether oxygens (including phenoxy) is 1. The Morgan fingerprint density at radius 1 is 1.08 bits per heavy atom. The monoisotopic (exact) mass is 403 g/mol. The number of hydrogen-bond acceptors (Lipinski definition) is 4. The molecule has 25 heavy (non-hydrogen) atoms. The van der Waals surface area contributed by atoms with Crippen LogP contribution in [0.3, 0.4) is 0 Å². The first-order valence-corrected chi connectivity index (χ1v) is 8.12. The van der Waals surface area contributed by atoms with Crippen molar-refractivity contribution in [2.75, 3.05) is 0 Å². The van der Waals surface area contributed by atoms with Gasteiger partial charge < -0.3 is 14.1 Å². The lowest BCUT2D eigenvalue weighted by Crippen LogP contribution is -2.41. The van der Waals surface area contributed by atoms with E-state index in [1.807, 2.05) is 30.3 Å². The van der Waals surface area contributed by atoms with E-state index in [4.69, 9.17) is 9.15 Å². The Morgan fingerprint density at radius 2 is 1.84 bits per heavy atom. The molecule has 128 valence electrons. The highest BCUT2D eigenvalue weighted by Gasteiger charge is 2.14. The van der Waals surface area contributed by atoms with Crippen molar-refractivity contribution in [1.29, 1.82) is 0 Å². The molecule has 7 nitrogen and oxygen atoms in total. The number of furan rings is 1. The van der Waals surface area contributed by atoms with Crippen LogP contribution in [0.15, 0.2) is 63.6 Å². The first-order valence-electron chi connectivity index (χ1n) is 7.33. The van der Waals surface area contributed by atoms with Gasteiger partial charge in [0.05, 0.1) is 0 Å². The second-order valence-corrected chi connectivity index (χ2v) is 5.92. The predicted octanol–water partition coefficient (Wildman–Crippen LogP) is 3.02. The molecule has 0 bridgehead atoms. The summed E-state index contributed by atoms with van der Waals surface area (Å²) in [5.74, 6) is 0.228. The van der Waals surface area contributed by atoms with Gasteiger partial charge in [-0.25, -0.2) is 0 Å². The highest BCUT2D eigenvalue weighted by Crippen LogP contribution is 2.14. The number of aromatic nitrogens is 1. The second kappa shape index (κ2) is 7.71. The Bertz CT molecular complexity index is 873. The molecule has 0 aliphatic rings. The van der Waals surface area contributed by atoms with E-state index in [1.54, 1.807) is 18.3 Å². The molecule has 1 aromatic carbocycles. The molecule has 3 rings (SSSR count). The molecule has 2 amide bonds. The number of H-pyrrole nitrogens is 1. The maximum atomic E-state index is 12.0. The number of hydrazine groups is 1. The number of aromatic amines is 1. The van der Waals surface area contributed by atoms with Crippen LogP contribution in [0.1, 0.15) is 26.8 Å². The number of halogens is 1. The van der Waals surface area contributed by atoms with E-state index in [2.05, 4.69) is 31.8 Å². The lowest BCUT2D eigenvalue weighted by Gasteiger charge is -2.05. The van der Waals surface area contributed by atoms with Gasteiger partial charge in [0.15, 0.2) is 5.76 Å². The van der Waals surface area contributed by atoms with E-state index in [0.29, 0.717) is 17.2 Å². The van der Waals surface area contributed by atoms with Crippen molar-refractivity contribution in [3.05, 3.63) is 76.4 Å². The van der Waals surface area contributed by atoms with Gasteiger partial charge in [0.25, 0.3) is 5.91 Å². The van der Waals surface area contributed by atoms with Crippen LogP contribution in [0, 0.1) is 0 Å². The van der Waals surface area contributed by atoms with Crippen LogP contribution in [0.5, 0.6) is 5.75 Å². The van der Waals surface area contributed by atoms with Crippen LogP contribution in [-0.2, 0) is 6.61 Å². The van der Waals surface area contributed by atoms with Crippen LogP contribution in [-0.4, -0.2) is 16.8 Å². The molecular formula is C17H14BrN3O4. The molecular weight excluding hydrogens is 390 g/mol. The van der Waals surface area contributed by atoms with Gasteiger partial charge >= 0.3 is 5.91 Å². The molecule has 0 fully saturated rings. The van der Waals surface area contributed by atoms with Crippen molar-refractivity contribution in [1.82, 2.24) is 15.8 Å². The zero-order valence-corrected chi connectivity index (χ0v) is 14.5. The summed E-state index contributed by atoms with van der Waals surface area (Å²) in [6.07, 6.45) is 1.61. The Kier molecular flexibility index (Phi) is 5.20. The zero-order chi connectivity index (χ0) is 17.6. The van der Waals surface area contributed by atoms with E-state index >= 15 is 0 Å². The summed E-state index contributed by atoms with van der Waals surface area (Å²) < 4.78 is 11.7. The smallest absolute Gasteiger partial charge is 0.305 e. The molecule has 0 radical (unpaired) electrons. The quantitative estimate of drug-likeness (QED) is 0.570. The van der Waals surface area contributed by atoms with Gasteiger partial charge in [0.1, 0.15) is 23.8 Å². The summed E-state index contributed by atoms with van der Waals surface area (Å²) in [5, 5.41) is 0. The number of para-hydroxylation sites is 1. The highest BCUT2D eigenvalue weighted by molar-refractivity contribution is 9.10. The van der Waals surface area contributed by atoms with Gasteiger partial charge in [-0.1, -0.05) is 18.2 Å². The molecule has 8 heteroatoms. The molecule has 3 aromatic rings. The minimum Gasteiger partial charge on any atom is -0.486 e. The van der Waals surface area contributed by atoms with Gasteiger partial charge in [0.2, 0.25) is 0 Å². The molecule has 3 N–H and O–H groups in total. The third-order valence-electron chi connectivity index (χ3n) is 3.19. The first-order chi connectivity index (χ1) is 12.1. The summed E-state index contributed by atoms with van der Waals surface area (Å²) in [6.45, 7) is 0.195. The summed E-state index contributed by atoms with van der Waals surface area (Å²) in [4.78, 5) is 26.6. The highest BCUT2D eigenvalue weighted by atomic mass is 79.9. The Hall–Kier alpha value is -3.00. The second-order valence-electron chi connectivity index (χ2n) is 5.01. The SMILES string of the molecule is O=C(NNC(=O)c1ccc(COc2ccccc2)o1)c1cc(Br)c[nH]1. The molecule has 0 saturated carbocycles. The fourth-order valence-electron chi connectivity index (χ4n) is 1.99. The number of rotatable bonds is 5. The summed E-state index contributed by atoms with van der Waals surface area (Å²) in [7, 11) is 0. The van der Waals surface area contributed by atoms with Crippen molar-refractivity contribution in [2.45, 2.75) is 6.61 Å². The Morgan fingerprint density at radius 3 is 2.56 bits per heavy atom. The first kappa shape index (κ1) is 16.8. The maximum Gasteiger partial charge on any atom is 0.305 e. The average Bonchev–Trinajstić information content (AvgIpc) is 3.27. The molecule has 0 spiro atoms. The van der Waals surface area contributed by atoms with Gasteiger partial charge in [-0.15, -0.1) is 0 Å². The van der Waals surface area contributed by atoms with Crippen molar-refractivity contribution >= 4 is 27.7 Å². The van der Waals surface area contributed by atoms with E-state index in [1.165, 1.54) is 6.07 Å². The van der Waals surface area contributed by atoms with E-state index in [0.717, 1.165) is 4.47 Å². The van der Waals surface area contributed by atoms with Gasteiger partial charge in [0, 0.05) is 10.7 Å². The standard InChI is InChI=1S/C17H14BrN3O4/c18-11-8-14(19-9-11)16(22)20-21-17(23)15-7-6-13(25-15)10-24-12-4-2-1-3-5-12/h1-9,19H,10H2,(H,20,22)(H,21,23). The average molecular weight is 404 g/mol. The number of nitrogens with one attached hydrogen (secondary N) is 3. The topological polar surface area (TPSA) is 96.4 Å². The molecule has 0 aliphatic heterocycles. The number of carbonyl (C=O) groups excluding carboxylic acids is 2. The van der Waals surface area contributed by atoms with Crippen LogP contribution >= 0.6 is 15.9 Å². The zero-order valence-electron chi connectivity index (χ0n) is 12.9. The van der Waals surface area contributed by atoms with E-state index < -0.39 is 11.8 Å². The third kappa shape index (κ3) is 4.51. The van der Waals surface area contributed by atoms with Crippen LogP contribution in [0.25, 0.3) is 0 Å². The van der Waals surface area contributed by atoms with Crippen molar-refractivity contribution < 1.29 is 18.7 Å². The van der Waals surface area contributed by atoms with Crippen molar-refractivity contribution in [2.24, 2.45) is 0 Å². The molecule has 2 heterocycles. The molecule has 0 unspecified atom stereocenters. The Balaban J connectivity index is 1.51.